The lowest BCUT2D eigenvalue weighted by atomic mass is 10.00. The number of fused-ring (bicyclic) bond motifs is 1. The van der Waals surface area contributed by atoms with Gasteiger partial charge in [0.15, 0.2) is 0 Å². The number of nitrogens with zero attached hydrogens (tertiary/aromatic N) is 1. The van der Waals surface area contributed by atoms with E-state index in [0.717, 1.165) is 49.3 Å². The van der Waals surface area contributed by atoms with Crippen LogP contribution in [0, 0.1) is 6.92 Å². The number of aryl methyl sites for hydroxylation is 1. The van der Waals surface area contributed by atoms with Crippen LogP contribution in [0.15, 0.2) is 42.6 Å². The molecule has 3 N–H and O–H groups in total. The third kappa shape index (κ3) is 4.66. The van der Waals surface area contributed by atoms with Crippen molar-refractivity contribution in [3.8, 4) is 5.75 Å². The second-order valence-corrected chi connectivity index (χ2v) is 8.86. The Bertz CT molecular complexity index is 1070. The highest BCUT2D eigenvalue weighted by atomic mass is 16.5. The smallest absolute Gasteiger partial charge is 0.335 e. The third-order valence-corrected chi connectivity index (χ3v) is 6.67. The lowest BCUT2D eigenvalue weighted by molar-refractivity contribution is 0.0697. The molecule has 0 saturated carbocycles. The quantitative estimate of drug-likeness (QED) is 0.532. The molecular formula is C26H33N3O3. The summed E-state index contributed by atoms with van der Waals surface area (Å²) in [6.45, 7) is 6.90. The molecule has 1 aromatic heterocycles. The highest BCUT2D eigenvalue weighted by molar-refractivity contribution is 5.88. The van der Waals surface area contributed by atoms with Gasteiger partial charge in [0.25, 0.3) is 0 Å². The largest absolute Gasteiger partial charge is 0.496 e. The number of carboxylic acid groups (broad SMARTS) is 1. The van der Waals surface area contributed by atoms with Crippen molar-refractivity contribution in [1.29, 1.82) is 0 Å². The van der Waals surface area contributed by atoms with Crippen LogP contribution in [0.2, 0.25) is 0 Å². The van der Waals surface area contributed by atoms with Crippen molar-refractivity contribution in [3.05, 3.63) is 64.8 Å². The molecule has 1 aliphatic heterocycles. The van der Waals surface area contributed by atoms with Gasteiger partial charge in [-0.3, -0.25) is 4.90 Å². The van der Waals surface area contributed by atoms with Crippen LogP contribution >= 0.6 is 0 Å². The van der Waals surface area contributed by atoms with Crippen LogP contribution in [0.4, 0.5) is 0 Å². The number of aromatic nitrogens is 1. The van der Waals surface area contributed by atoms with E-state index in [9.17, 15) is 9.90 Å². The maximum absolute atomic E-state index is 11.3. The van der Waals surface area contributed by atoms with Crippen LogP contribution in [0.25, 0.3) is 10.9 Å². The van der Waals surface area contributed by atoms with Gasteiger partial charge in [-0.25, -0.2) is 4.79 Å². The Morgan fingerprint density at radius 1 is 1.22 bits per heavy atom. The van der Waals surface area contributed by atoms with E-state index >= 15 is 0 Å². The van der Waals surface area contributed by atoms with E-state index in [2.05, 4.69) is 41.2 Å². The molecule has 2 heterocycles. The molecule has 6 nitrogen and oxygen atoms in total. The summed E-state index contributed by atoms with van der Waals surface area (Å²) in [6, 6.07) is 12.2. The summed E-state index contributed by atoms with van der Waals surface area (Å²) in [5, 5.41) is 14.2. The second kappa shape index (κ2) is 9.76. The predicted molar refractivity (Wildman–Crippen MR) is 127 cm³/mol. The summed E-state index contributed by atoms with van der Waals surface area (Å²) in [6.07, 6.45) is 5.46. The molecule has 2 unspecified atom stereocenters. The van der Waals surface area contributed by atoms with E-state index in [-0.39, 0.29) is 6.04 Å². The molecule has 3 aromatic rings. The average molecular weight is 436 g/mol. The molecule has 2 atom stereocenters. The van der Waals surface area contributed by atoms with Gasteiger partial charge in [-0.05, 0) is 68.6 Å². The molecule has 0 bridgehead atoms. The number of aromatic carboxylic acids is 1. The Balaban J connectivity index is 1.73. The van der Waals surface area contributed by atoms with Crippen molar-refractivity contribution in [1.82, 2.24) is 15.2 Å². The number of H-pyrrole nitrogens is 1. The Morgan fingerprint density at radius 3 is 2.72 bits per heavy atom. The minimum absolute atomic E-state index is 0.137. The zero-order valence-electron chi connectivity index (χ0n) is 19.1. The second-order valence-electron chi connectivity index (χ2n) is 8.86. The van der Waals surface area contributed by atoms with E-state index in [4.69, 9.17) is 4.74 Å². The van der Waals surface area contributed by atoms with Crippen LogP contribution in [0.1, 0.15) is 59.3 Å². The molecule has 6 heteroatoms. The van der Waals surface area contributed by atoms with Gasteiger partial charge < -0.3 is 20.1 Å². The number of hydrogen-bond donors (Lipinski definition) is 3. The van der Waals surface area contributed by atoms with Crippen LogP contribution in [-0.2, 0) is 6.54 Å². The zero-order chi connectivity index (χ0) is 22.7. The van der Waals surface area contributed by atoms with Crippen molar-refractivity contribution in [2.45, 2.75) is 51.7 Å². The lowest BCUT2D eigenvalue weighted by Gasteiger charge is -2.33. The van der Waals surface area contributed by atoms with Crippen molar-refractivity contribution >= 4 is 16.9 Å². The highest BCUT2D eigenvalue weighted by Gasteiger charge is 2.25. The number of carboxylic acids is 1. The summed E-state index contributed by atoms with van der Waals surface area (Å²) in [5.74, 6) is 0.0182. The Morgan fingerprint density at radius 2 is 2.00 bits per heavy atom. The van der Waals surface area contributed by atoms with Gasteiger partial charge in [-0.15, -0.1) is 0 Å². The van der Waals surface area contributed by atoms with Gasteiger partial charge in [0.2, 0.25) is 0 Å². The Kier molecular flexibility index (Phi) is 6.82. The van der Waals surface area contributed by atoms with Gasteiger partial charge in [0.05, 0.1) is 12.7 Å². The summed E-state index contributed by atoms with van der Waals surface area (Å²) < 4.78 is 5.80. The van der Waals surface area contributed by atoms with Gasteiger partial charge in [-0.2, -0.15) is 0 Å². The fourth-order valence-corrected chi connectivity index (χ4v) is 4.82. The van der Waals surface area contributed by atoms with Crippen LogP contribution in [0.3, 0.4) is 0 Å². The van der Waals surface area contributed by atoms with Crippen LogP contribution < -0.4 is 10.1 Å². The van der Waals surface area contributed by atoms with Crippen LogP contribution in [-0.4, -0.2) is 47.2 Å². The van der Waals surface area contributed by atoms with Crippen molar-refractivity contribution in [3.63, 3.8) is 0 Å². The standard InChI is InChI=1S/C26H33N3O3/c1-17-14-24(32-3)22(21-11-12-27-25(17)21)16-29-13-5-4-6-18(2)28-15-23(29)19-7-9-20(10-8-19)26(30)31/h7-12,14,18,23,27-28H,4-6,13,15-16H2,1-3H3,(H,30,31). The Labute approximate surface area is 189 Å². The van der Waals surface area contributed by atoms with Crippen molar-refractivity contribution in [2.75, 3.05) is 20.2 Å². The molecule has 0 aliphatic carbocycles. The molecule has 0 amide bonds. The maximum Gasteiger partial charge on any atom is 0.335 e. The molecule has 1 saturated heterocycles. The average Bonchev–Trinajstić information content (AvgIpc) is 3.30. The molecule has 2 aromatic carbocycles. The first-order valence-electron chi connectivity index (χ1n) is 11.4. The zero-order valence-corrected chi connectivity index (χ0v) is 19.1. The number of benzene rings is 2. The maximum atomic E-state index is 11.3. The number of nitrogens with one attached hydrogen (secondary N) is 2. The minimum Gasteiger partial charge on any atom is -0.496 e. The van der Waals surface area contributed by atoms with Gasteiger partial charge in [0.1, 0.15) is 5.75 Å². The molecular weight excluding hydrogens is 402 g/mol. The van der Waals surface area contributed by atoms with E-state index in [1.165, 1.54) is 22.9 Å². The number of ether oxygens (including phenoxy) is 1. The fraction of sp³-hybridized carbons (Fsp3) is 0.423. The monoisotopic (exact) mass is 435 g/mol. The summed E-state index contributed by atoms with van der Waals surface area (Å²) in [5.41, 5.74) is 4.96. The fourth-order valence-electron chi connectivity index (χ4n) is 4.82. The number of hydrogen-bond acceptors (Lipinski definition) is 4. The van der Waals surface area contributed by atoms with Gasteiger partial charge >= 0.3 is 5.97 Å². The SMILES string of the molecule is COc1cc(C)c2[nH]ccc2c1CN1CCCCC(C)NCC1c1ccc(C(=O)O)cc1. The first-order chi connectivity index (χ1) is 15.5. The molecule has 0 spiro atoms. The first-order valence-corrected chi connectivity index (χ1v) is 11.4. The minimum atomic E-state index is -0.895. The van der Waals surface area contributed by atoms with E-state index in [0.29, 0.717) is 11.6 Å². The number of methoxy groups -OCH3 is 1. The predicted octanol–water partition coefficient (Wildman–Crippen LogP) is 4.89. The molecule has 4 rings (SSSR count). The molecule has 1 aliphatic rings. The lowest BCUT2D eigenvalue weighted by Crippen LogP contribution is -2.38. The summed E-state index contributed by atoms with van der Waals surface area (Å²) >= 11 is 0. The molecule has 170 valence electrons. The number of aromatic amines is 1. The third-order valence-electron chi connectivity index (χ3n) is 6.67. The molecule has 1 fully saturated rings. The van der Waals surface area contributed by atoms with Crippen molar-refractivity contribution < 1.29 is 14.6 Å². The van der Waals surface area contributed by atoms with E-state index in [1.54, 1.807) is 19.2 Å². The van der Waals surface area contributed by atoms with Gasteiger partial charge in [-0.1, -0.05) is 18.6 Å². The van der Waals surface area contributed by atoms with E-state index < -0.39 is 5.97 Å². The first kappa shape index (κ1) is 22.4. The molecule has 0 radical (unpaired) electrons. The molecule has 32 heavy (non-hydrogen) atoms. The highest BCUT2D eigenvalue weighted by Crippen LogP contribution is 2.34. The topological polar surface area (TPSA) is 77.6 Å². The van der Waals surface area contributed by atoms with E-state index in [1.807, 2.05) is 18.3 Å². The van der Waals surface area contributed by atoms with Crippen LogP contribution in [0.5, 0.6) is 5.75 Å². The number of rotatable bonds is 5. The summed E-state index contributed by atoms with van der Waals surface area (Å²) in [7, 11) is 1.74. The normalized spacial score (nSPS) is 20.5. The van der Waals surface area contributed by atoms with Gasteiger partial charge in [0, 0.05) is 47.8 Å². The van der Waals surface area contributed by atoms with Crippen molar-refractivity contribution in [2.24, 2.45) is 0 Å². The Hall–Kier alpha value is -2.83. The summed E-state index contributed by atoms with van der Waals surface area (Å²) in [4.78, 5) is 17.2. The number of carbonyl (C=O) groups is 1.